The molecule has 0 bridgehead atoms. The average molecular weight is 494 g/mol. The molecule has 140 valence electrons. The molecule has 0 aliphatic carbocycles. The molecule has 0 saturated carbocycles. The molecule has 7 heteroatoms. The van der Waals surface area contributed by atoms with Gasteiger partial charge >= 0.3 is 0 Å². The first-order chi connectivity index (χ1) is 13.1. The van der Waals surface area contributed by atoms with Crippen molar-refractivity contribution in [3.63, 3.8) is 0 Å². The lowest BCUT2D eigenvalue weighted by atomic mass is 10.2. The van der Waals surface area contributed by atoms with Crippen molar-refractivity contribution in [2.24, 2.45) is 4.99 Å². The Bertz CT molecular complexity index is 898. The molecule has 1 heterocycles. The van der Waals surface area contributed by atoms with E-state index >= 15 is 0 Å². The highest BCUT2D eigenvalue weighted by Crippen LogP contribution is 2.36. The van der Waals surface area contributed by atoms with Crippen molar-refractivity contribution in [3.8, 4) is 11.5 Å². The summed E-state index contributed by atoms with van der Waals surface area (Å²) < 4.78 is 12.3. The molecule has 1 aliphatic heterocycles. The molecule has 5 nitrogen and oxygen atoms in total. The Labute approximate surface area is 176 Å². The molecule has 3 rings (SSSR count). The van der Waals surface area contributed by atoms with Crippen LogP contribution in [0, 0.1) is 3.57 Å². The number of ether oxygens (including phenoxy) is 2. The second-order valence-electron chi connectivity index (χ2n) is 5.51. The number of nitrogens with zero attached hydrogens (tertiary/aromatic N) is 1. The van der Waals surface area contributed by atoms with E-state index in [-0.39, 0.29) is 5.91 Å². The maximum Gasteiger partial charge on any atom is 0.264 e. The Morgan fingerprint density at radius 2 is 1.89 bits per heavy atom. The van der Waals surface area contributed by atoms with Gasteiger partial charge in [0, 0.05) is 0 Å². The molecule has 1 N–H and O–H groups in total. The van der Waals surface area contributed by atoms with Crippen LogP contribution in [-0.4, -0.2) is 24.3 Å². The Morgan fingerprint density at radius 1 is 1.15 bits per heavy atom. The Hall–Kier alpha value is -2.00. The molecule has 2 aromatic rings. The van der Waals surface area contributed by atoms with Crippen molar-refractivity contribution in [3.05, 3.63) is 56.5 Å². The molecular formula is C20H19IN2O3S. The lowest BCUT2D eigenvalue weighted by molar-refractivity contribution is -0.115. The normalized spacial score (nSPS) is 16.6. The number of hydrogen-bond donors (Lipinski definition) is 1. The summed E-state index contributed by atoms with van der Waals surface area (Å²) in [5.41, 5.74) is 1.68. The molecule has 27 heavy (non-hydrogen) atoms. The van der Waals surface area contributed by atoms with Gasteiger partial charge in [0.1, 0.15) is 0 Å². The topological polar surface area (TPSA) is 59.9 Å². The van der Waals surface area contributed by atoms with E-state index in [0.29, 0.717) is 29.0 Å². The summed E-state index contributed by atoms with van der Waals surface area (Å²) in [6.07, 6.45) is 1.84. The molecule has 0 spiro atoms. The Kier molecular flexibility index (Phi) is 6.78. The van der Waals surface area contributed by atoms with E-state index in [4.69, 9.17) is 9.47 Å². The zero-order valence-corrected chi connectivity index (χ0v) is 18.0. The molecule has 0 radical (unpaired) electrons. The third kappa shape index (κ3) is 5.04. The van der Waals surface area contributed by atoms with Gasteiger partial charge in [-0.25, -0.2) is 4.99 Å². The number of hydrogen-bond acceptors (Lipinski definition) is 5. The van der Waals surface area contributed by atoms with Gasteiger partial charge in [0.15, 0.2) is 16.7 Å². The quantitative estimate of drug-likeness (QED) is 0.455. The Morgan fingerprint density at radius 3 is 2.59 bits per heavy atom. The van der Waals surface area contributed by atoms with Gasteiger partial charge < -0.3 is 14.8 Å². The van der Waals surface area contributed by atoms with E-state index < -0.39 is 0 Å². The van der Waals surface area contributed by atoms with Gasteiger partial charge in [-0.1, -0.05) is 18.2 Å². The standard InChI is InChI=1S/C20H19IN2O3S/c1-3-25-16-11-13(10-15(21)18(16)26-4-2)12-17-19(24)23-20(27-17)22-14-8-6-5-7-9-14/h5-12H,3-4H2,1-2H3,(H,22,23,24)/b17-12+. The first-order valence-corrected chi connectivity index (χ1v) is 10.4. The molecular weight excluding hydrogens is 475 g/mol. The number of para-hydroxylation sites is 1. The van der Waals surface area contributed by atoms with Crippen molar-refractivity contribution in [2.75, 3.05) is 13.2 Å². The lowest BCUT2D eigenvalue weighted by Crippen LogP contribution is -2.19. The third-order valence-corrected chi connectivity index (χ3v) is 5.27. The third-order valence-electron chi connectivity index (χ3n) is 3.56. The van der Waals surface area contributed by atoms with Crippen molar-refractivity contribution in [1.82, 2.24) is 5.32 Å². The molecule has 2 aromatic carbocycles. The maximum absolute atomic E-state index is 12.3. The highest BCUT2D eigenvalue weighted by Gasteiger charge is 2.24. The molecule has 0 unspecified atom stereocenters. The number of amides is 1. The van der Waals surface area contributed by atoms with Gasteiger partial charge in [-0.15, -0.1) is 0 Å². The van der Waals surface area contributed by atoms with Crippen molar-refractivity contribution >= 4 is 57.2 Å². The number of aliphatic imine (C=N–C) groups is 1. The van der Waals surface area contributed by atoms with E-state index in [2.05, 4.69) is 32.9 Å². The fraction of sp³-hybridized carbons (Fsp3) is 0.200. The minimum atomic E-state index is -0.156. The smallest absolute Gasteiger partial charge is 0.264 e. The maximum atomic E-state index is 12.3. The number of carbonyl (C=O) groups is 1. The SMILES string of the molecule is CCOc1cc(/C=C2/SC(=Nc3ccccc3)NC2=O)cc(I)c1OCC. The summed E-state index contributed by atoms with van der Waals surface area (Å²) in [4.78, 5) is 17.4. The number of halogens is 1. The molecule has 0 aromatic heterocycles. The van der Waals surface area contributed by atoms with E-state index in [1.165, 1.54) is 11.8 Å². The van der Waals surface area contributed by atoms with Gasteiger partial charge in [0.25, 0.3) is 5.91 Å². The summed E-state index contributed by atoms with van der Waals surface area (Å²) in [5, 5.41) is 3.38. The lowest BCUT2D eigenvalue weighted by Gasteiger charge is -2.13. The summed E-state index contributed by atoms with van der Waals surface area (Å²) in [6, 6.07) is 13.4. The molecule has 1 aliphatic rings. The summed E-state index contributed by atoms with van der Waals surface area (Å²) in [7, 11) is 0. The summed E-state index contributed by atoms with van der Waals surface area (Å²) in [5.74, 6) is 1.26. The Balaban J connectivity index is 1.88. The van der Waals surface area contributed by atoms with Crippen molar-refractivity contribution in [2.45, 2.75) is 13.8 Å². The number of benzene rings is 2. The van der Waals surface area contributed by atoms with Crippen LogP contribution in [0.1, 0.15) is 19.4 Å². The number of amidine groups is 1. The van der Waals surface area contributed by atoms with Crippen LogP contribution in [0.2, 0.25) is 0 Å². The minimum Gasteiger partial charge on any atom is -0.490 e. The number of nitrogens with one attached hydrogen (secondary N) is 1. The van der Waals surface area contributed by atoms with Crippen LogP contribution in [0.5, 0.6) is 11.5 Å². The second kappa shape index (κ2) is 9.27. The van der Waals surface area contributed by atoms with Crippen molar-refractivity contribution in [1.29, 1.82) is 0 Å². The van der Waals surface area contributed by atoms with Crippen molar-refractivity contribution < 1.29 is 14.3 Å². The monoisotopic (exact) mass is 494 g/mol. The van der Waals surface area contributed by atoms with E-state index in [1.54, 1.807) is 0 Å². The van der Waals surface area contributed by atoms with Crippen LogP contribution >= 0.6 is 34.4 Å². The highest BCUT2D eigenvalue weighted by molar-refractivity contribution is 14.1. The predicted octanol–water partition coefficient (Wildman–Crippen LogP) is 4.98. The largest absolute Gasteiger partial charge is 0.490 e. The average Bonchev–Trinajstić information content (AvgIpc) is 2.98. The zero-order valence-electron chi connectivity index (χ0n) is 15.0. The zero-order chi connectivity index (χ0) is 19.2. The first kappa shape index (κ1) is 19.8. The molecule has 1 amide bonds. The minimum absolute atomic E-state index is 0.156. The van der Waals surface area contributed by atoms with Crippen LogP contribution in [0.4, 0.5) is 5.69 Å². The van der Waals surface area contributed by atoms with E-state index in [0.717, 1.165) is 20.6 Å². The summed E-state index contributed by atoms with van der Waals surface area (Å²) in [6.45, 7) is 4.97. The van der Waals surface area contributed by atoms with Gasteiger partial charge in [-0.3, -0.25) is 4.79 Å². The van der Waals surface area contributed by atoms with Gasteiger partial charge in [-0.2, -0.15) is 0 Å². The summed E-state index contributed by atoms with van der Waals surface area (Å²) >= 11 is 3.54. The number of thioether (sulfide) groups is 1. The van der Waals surface area contributed by atoms with Crippen LogP contribution < -0.4 is 14.8 Å². The van der Waals surface area contributed by atoms with Gasteiger partial charge in [0.05, 0.1) is 27.4 Å². The van der Waals surface area contributed by atoms with Crippen LogP contribution in [0.3, 0.4) is 0 Å². The van der Waals surface area contributed by atoms with Crippen LogP contribution in [-0.2, 0) is 4.79 Å². The van der Waals surface area contributed by atoms with Crippen LogP contribution in [0.25, 0.3) is 6.08 Å². The molecule has 1 saturated heterocycles. The first-order valence-electron chi connectivity index (χ1n) is 8.54. The fourth-order valence-electron chi connectivity index (χ4n) is 2.47. The molecule has 1 fully saturated rings. The van der Waals surface area contributed by atoms with Gasteiger partial charge in [-0.05, 0) is 84.1 Å². The number of carbonyl (C=O) groups excluding carboxylic acids is 1. The number of rotatable bonds is 6. The molecule has 0 atom stereocenters. The second-order valence-corrected chi connectivity index (χ2v) is 7.71. The van der Waals surface area contributed by atoms with Crippen LogP contribution in [0.15, 0.2) is 52.4 Å². The fourth-order valence-corrected chi connectivity index (χ4v) is 4.09. The predicted molar refractivity (Wildman–Crippen MR) is 119 cm³/mol. The highest BCUT2D eigenvalue weighted by atomic mass is 127. The van der Waals surface area contributed by atoms with Gasteiger partial charge in [0.2, 0.25) is 0 Å². The van der Waals surface area contributed by atoms with E-state index in [1.807, 2.05) is 62.4 Å². The van der Waals surface area contributed by atoms with E-state index in [9.17, 15) is 4.79 Å².